The van der Waals surface area contributed by atoms with E-state index in [1.165, 1.54) is 7.05 Å². The third kappa shape index (κ3) is 11.2. The van der Waals surface area contributed by atoms with Crippen LogP contribution in [0.2, 0.25) is 0 Å². The smallest absolute Gasteiger partial charge is 0.217 e. The van der Waals surface area contributed by atoms with Crippen molar-refractivity contribution < 1.29 is 55.2 Å². The van der Waals surface area contributed by atoms with Crippen LogP contribution in [0.5, 0.6) is 0 Å². The Labute approximate surface area is 205 Å². The maximum absolute atomic E-state index is 12.1. The van der Waals surface area contributed by atoms with Crippen LogP contribution in [0.1, 0.15) is 51.9 Å². The van der Waals surface area contributed by atoms with Gasteiger partial charge in [-0.3, -0.25) is 9.59 Å². The number of carbonyl (C=O) groups excluding carboxylic acids is 2. The first-order valence-electron chi connectivity index (χ1n) is 11.9. The average Bonchev–Trinajstić information content (AvgIpc) is 2.86. The highest BCUT2D eigenvalue weighted by atomic mass is 16.6. The quantitative estimate of drug-likeness (QED) is 0.0750. The SMILES string of the molecule is CCCCCCCCC(=O)C(=O)[C@H](NC)[C@@H](O)[C@H](O)C(O)CO.N[C@@H]1[C@@H](O)[C@H](O)[C@@H](CO)O[C@H]1O. The molecule has 1 saturated heterocycles. The highest BCUT2D eigenvalue weighted by Crippen LogP contribution is 2.17. The third-order valence-corrected chi connectivity index (χ3v) is 5.85. The zero-order valence-corrected chi connectivity index (χ0v) is 20.4. The van der Waals surface area contributed by atoms with Gasteiger partial charge < -0.3 is 56.6 Å². The van der Waals surface area contributed by atoms with Crippen LogP contribution < -0.4 is 11.1 Å². The van der Waals surface area contributed by atoms with Gasteiger partial charge in [0, 0.05) is 6.42 Å². The molecular formula is C22H44N2O11. The van der Waals surface area contributed by atoms with Gasteiger partial charge in [0.25, 0.3) is 0 Å². The van der Waals surface area contributed by atoms with E-state index in [9.17, 15) is 35.1 Å². The first kappa shape index (κ1) is 33.9. The summed E-state index contributed by atoms with van der Waals surface area (Å²) in [6.45, 7) is 0.893. The van der Waals surface area contributed by atoms with Crippen LogP contribution in [0.15, 0.2) is 0 Å². The first-order valence-corrected chi connectivity index (χ1v) is 11.9. The fourth-order valence-corrected chi connectivity index (χ4v) is 3.47. The van der Waals surface area contributed by atoms with Crippen molar-refractivity contribution in [2.75, 3.05) is 20.3 Å². The zero-order chi connectivity index (χ0) is 27.1. The molecule has 1 rings (SSSR count). The van der Waals surface area contributed by atoms with Gasteiger partial charge in [0.05, 0.1) is 19.3 Å². The van der Waals surface area contributed by atoms with Crippen molar-refractivity contribution in [2.24, 2.45) is 5.73 Å². The van der Waals surface area contributed by atoms with Crippen LogP contribution >= 0.6 is 0 Å². The zero-order valence-electron chi connectivity index (χ0n) is 20.4. The van der Waals surface area contributed by atoms with E-state index in [1.54, 1.807) is 0 Å². The van der Waals surface area contributed by atoms with Gasteiger partial charge in [0.1, 0.15) is 42.7 Å². The molecule has 0 bridgehead atoms. The highest BCUT2D eigenvalue weighted by Gasteiger charge is 2.41. The van der Waals surface area contributed by atoms with Gasteiger partial charge in [-0.25, -0.2) is 0 Å². The summed E-state index contributed by atoms with van der Waals surface area (Å²) in [5.41, 5.74) is 5.26. The van der Waals surface area contributed by atoms with Crippen molar-refractivity contribution in [3.8, 4) is 0 Å². The third-order valence-electron chi connectivity index (χ3n) is 5.85. The number of ether oxygens (including phenoxy) is 1. The van der Waals surface area contributed by atoms with E-state index >= 15 is 0 Å². The highest BCUT2D eigenvalue weighted by molar-refractivity contribution is 6.39. The number of nitrogens with one attached hydrogen (secondary N) is 1. The number of Topliss-reactive ketones (excluding diaryl/α,β-unsaturated/α-hetero) is 2. The Morgan fingerprint density at radius 1 is 0.943 bits per heavy atom. The van der Waals surface area contributed by atoms with E-state index in [0.717, 1.165) is 32.1 Å². The molecule has 0 aromatic rings. The van der Waals surface area contributed by atoms with Crippen molar-refractivity contribution in [1.82, 2.24) is 5.32 Å². The minimum atomic E-state index is -1.72. The average molecular weight is 513 g/mol. The number of unbranched alkanes of at least 4 members (excludes halogenated alkanes) is 5. The summed E-state index contributed by atoms with van der Waals surface area (Å²) in [7, 11) is 1.38. The molecule has 13 nitrogen and oxygen atoms in total. The molecular weight excluding hydrogens is 468 g/mol. The molecule has 1 aliphatic rings. The number of nitrogens with two attached hydrogens (primary N) is 1. The monoisotopic (exact) mass is 512 g/mol. The number of aliphatic hydroxyl groups excluding tert-OH is 8. The second kappa shape index (κ2) is 18.2. The van der Waals surface area contributed by atoms with Gasteiger partial charge in [-0.1, -0.05) is 39.0 Å². The van der Waals surface area contributed by atoms with Crippen LogP contribution in [-0.4, -0.2) is 128 Å². The predicted octanol–water partition coefficient (Wildman–Crippen LogP) is -3.72. The lowest BCUT2D eigenvalue weighted by Crippen LogP contribution is -2.61. The molecule has 208 valence electrons. The van der Waals surface area contributed by atoms with Crippen molar-refractivity contribution in [2.45, 2.75) is 107 Å². The first-order chi connectivity index (χ1) is 16.5. The fourth-order valence-electron chi connectivity index (χ4n) is 3.47. The molecule has 1 fully saturated rings. The van der Waals surface area contributed by atoms with Gasteiger partial charge in [-0.2, -0.15) is 0 Å². The minimum absolute atomic E-state index is 0.106. The molecule has 35 heavy (non-hydrogen) atoms. The van der Waals surface area contributed by atoms with Crippen LogP contribution in [0.3, 0.4) is 0 Å². The molecule has 13 heteroatoms. The standard InChI is InChI=1S/C16H31NO6.C6H13NO5/c1-3-4-5-6-7-8-9-11(19)14(21)13(17-2)16(23)15(22)12(20)10-18;7-3-5(10)4(9)2(1-8)12-6(3)11/h12-13,15-18,20,22-23H,3-10H2,1-2H3;2-6,8-11H,1,7H2/t12?,13-,15+,16+;2-,3-,4-,5-,6-/m01/s1. The predicted molar refractivity (Wildman–Crippen MR) is 124 cm³/mol. The molecule has 0 aliphatic carbocycles. The Morgan fingerprint density at radius 2 is 1.51 bits per heavy atom. The Morgan fingerprint density at radius 3 is 2.03 bits per heavy atom. The topological polar surface area (TPSA) is 243 Å². The lowest BCUT2D eigenvalue weighted by Gasteiger charge is -2.38. The fraction of sp³-hybridized carbons (Fsp3) is 0.909. The van der Waals surface area contributed by atoms with Crippen molar-refractivity contribution in [3.63, 3.8) is 0 Å². The second-order valence-corrected chi connectivity index (χ2v) is 8.61. The van der Waals surface area contributed by atoms with Crippen LogP contribution in [-0.2, 0) is 14.3 Å². The van der Waals surface area contributed by atoms with Crippen molar-refractivity contribution in [3.05, 3.63) is 0 Å². The minimum Gasteiger partial charge on any atom is -0.394 e. The number of hydrogen-bond donors (Lipinski definition) is 10. The molecule has 0 spiro atoms. The Kier molecular flexibility index (Phi) is 17.6. The van der Waals surface area contributed by atoms with Gasteiger partial charge in [-0.15, -0.1) is 0 Å². The maximum Gasteiger partial charge on any atom is 0.217 e. The molecule has 9 atom stereocenters. The molecule has 1 aliphatic heterocycles. The summed E-state index contributed by atoms with van der Waals surface area (Å²) < 4.78 is 4.70. The van der Waals surface area contributed by atoms with E-state index in [0.29, 0.717) is 6.42 Å². The van der Waals surface area contributed by atoms with Crippen molar-refractivity contribution in [1.29, 1.82) is 0 Å². The second-order valence-electron chi connectivity index (χ2n) is 8.61. The molecule has 0 aromatic carbocycles. The molecule has 0 radical (unpaired) electrons. The Hall–Kier alpha value is -1.10. The molecule has 0 aromatic heterocycles. The molecule has 1 unspecified atom stereocenters. The molecule has 1 heterocycles. The van der Waals surface area contributed by atoms with E-state index in [2.05, 4.69) is 12.2 Å². The number of likely N-dealkylation sites (N-methyl/N-ethyl adjacent to an activating group) is 1. The Balaban J connectivity index is 0.000000801. The number of carbonyl (C=O) groups is 2. The summed E-state index contributed by atoms with van der Waals surface area (Å²) in [6, 6.07) is -2.35. The molecule has 0 amide bonds. The van der Waals surface area contributed by atoms with E-state index in [-0.39, 0.29) is 6.42 Å². The summed E-state index contributed by atoms with van der Waals surface area (Å²) in [6.07, 6.45) is -3.80. The summed E-state index contributed by atoms with van der Waals surface area (Å²) in [4.78, 5) is 24.0. The van der Waals surface area contributed by atoms with Gasteiger partial charge in [-0.05, 0) is 13.5 Å². The summed E-state index contributed by atoms with van der Waals surface area (Å²) in [5, 5.41) is 76.2. The summed E-state index contributed by atoms with van der Waals surface area (Å²) in [5.74, 6) is -1.43. The lowest BCUT2D eigenvalue weighted by atomic mass is 9.94. The van der Waals surface area contributed by atoms with Crippen LogP contribution in [0, 0.1) is 0 Å². The molecule has 11 N–H and O–H groups in total. The Bertz CT molecular complexity index is 593. The van der Waals surface area contributed by atoms with Gasteiger partial charge in [0.2, 0.25) is 5.78 Å². The maximum atomic E-state index is 12.1. The van der Waals surface area contributed by atoms with E-state index in [4.69, 9.17) is 25.8 Å². The number of ketones is 2. The van der Waals surface area contributed by atoms with Gasteiger partial charge in [0.15, 0.2) is 12.1 Å². The number of aliphatic hydroxyl groups is 8. The molecule has 0 saturated carbocycles. The normalized spacial score (nSPS) is 27.8. The van der Waals surface area contributed by atoms with Crippen molar-refractivity contribution >= 4 is 11.6 Å². The van der Waals surface area contributed by atoms with Crippen LogP contribution in [0.25, 0.3) is 0 Å². The van der Waals surface area contributed by atoms with Crippen LogP contribution in [0.4, 0.5) is 0 Å². The summed E-state index contributed by atoms with van der Waals surface area (Å²) >= 11 is 0. The van der Waals surface area contributed by atoms with E-state index in [1.807, 2.05) is 0 Å². The van der Waals surface area contributed by atoms with Gasteiger partial charge >= 0.3 is 0 Å². The number of hydrogen-bond acceptors (Lipinski definition) is 13. The lowest BCUT2D eigenvalue weighted by molar-refractivity contribution is -0.248. The van der Waals surface area contributed by atoms with E-state index < -0.39 is 79.8 Å². The number of rotatable bonds is 15. The largest absolute Gasteiger partial charge is 0.394 e.